The minimum atomic E-state index is -4.45. The lowest BCUT2D eigenvalue weighted by Gasteiger charge is -2.25. The van der Waals surface area contributed by atoms with Crippen molar-refractivity contribution < 1.29 is 18.0 Å². The van der Waals surface area contributed by atoms with E-state index in [0.29, 0.717) is 6.54 Å². The molecule has 1 N–H and O–H groups in total. The number of nitrogens with one attached hydrogen (secondary N) is 1. The van der Waals surface area contributed by atoms with Crippen molar-refractivity contribution >= 4 is 17.7 Å². The summed E-state index contributed by atoms with van der Waals surface area (Å²) >= 11 is -0.269. The second-order valence-electron chi connectivity index (χ2n) is 7.15. The molecule has 30 heavy (non-hydrogen) atoms. The quantitative estimate of drug-likeness (QED) is 0.554. The molecule has 3 aromatic rings. The fraction of sp³-hybridized carbons (Fsp3) is 0.273. The number of nitrogens with zero attached hydrogens (tertiary/aromatic N) is 2. The predicted octanol–water partition coefficient (Wildman–Crippen LogP) is 5.35. The number of rotatable bonds is 5. The van der Waals surface area contributed by atoms with Crippen LogP contribution in [-0.2, 0) is 13.0 Å². The molecule has 8 heteroatoms. The lowest BCUT2D eigenvalue weighted by atomic mass is 9.92. The summed E-state index contributed by atoms with van der Waals surface area (Å²) < 4.78 is 40.5. The Morgan fingerprint density at radius 3 is 2.63 bits per heavy atom. The molecule has 1 heterocycles. The van der Waals surface area contributed by atoms with Gasteiger partial charge in [-0.2, -0.15) is 18.3 Å². The lowest BCUT2D eigenvalue weighted by Crippen LogP contribution is -2.31. The van der Waals surface area contributed by atoms with Gasteiger partial charge in [0.05, 0.1) is 24.3 Å². The number of fused-ring (bicyclic) bond motifs is 1. The number of aromatic nitrogens is 2. The first-order chi connectivity index (χ1) is 14.4. The molecule has 1 unspecified atom stereocenters. The SMILES string of the molecule is O=C(NC1CCCc2c1cnn2Cc1ccccc1)c1ccccc1SC(F)(F)F. The van der Waals surface area contributed by atoms with Gasteiger partial charge >= 0.3 is 5.51 Å². The maximum absolute atomic E-state index is 12.8. The van der Waals surface area contributed by atoms with Crippen LogP contribution in [0.2, 0.25) is 0 Å². The molecule has 0 bridgehead atoms. The van der Waals surface area contributed by atoms with Crippen LogP contribution in [0.3, 0.4) is 0 Å². The van der Waals surface area contributed by atoms with Crippen LogP contribution >= 0.6 is 11.8 Å². The largest absolute Gasteiger partial charge is 0.446 e. The second kappa shape index (κ2) is 8.55. The zero-order valence-corrected chi connectivity index (χ0v) is 16.8. The summed E-state index contributed by atoms with van der Waals surface area (Å²) in [5.41, 5.74) is -1.29. The molecule has 2 aromatic carbocycles. The van der Waals surface area contributed by atoms with Crippen molar-refractivity contribution in [2.45, 2.75) is 42.3 Å². The Bertz CT molecular complexity index is 1030. The van der Waals surface area contributed by atoms with E-state index in [1.54, 1.807) is 12.3 Å². The molecule has 1 amide bonds. The van der Waals surface area contributed by atoms with Gasteiger partial charge in [-0.25, -0.2) is 0 Å². The molecule has 1 atom stereocenters. The Morgan fingerprint density at radius 1 is 1.13 bits per heavy atom. The minimum Gasteiger partial charge on any atom is -0.345 e. The number of benzene rings is 2. The maximum atomic E-state index is 12.8. The number of carbonyl (C=O) groups excluding carboxylic acids is 1. The number of amides is 1. The van der Waals surface area contributed by atoms with E-state index < -0.39 is 11.4 Å². The van der Waals surface area contributed by atoms with Gasteiger partial charge in [0.1, 0.15) is 0 Å². The first-order valence-electron chi connectivity index (χ1n) is 9.65. The summed E-state index contributed by atoms with van der Waals surface area (Å²) in [5.74, 6) is -0.504. The third-order valence-corrected chi connectivity index (χ3v) is 5.91. The van der Waals surface area contributed by atoms with E-state index in [-0.39, 0.29) is 28.3 Å². The highest BCUT2D eigenvalue weighted by atomic mass is 32.2. The number of hydrogen-bond acceptors (Lipinski definition) is 3. The van der Waals surface area contributed by atoms with Gasteiger partial charge in [0, 0.05) is 16.2 Å². The molecule has 4 nitrogen and oxygen atoms in total. The van der Waals surface area contributed by atoms with Crippen molar-refractivity contribution in [3.8, 4) is 0 Å². The van der Waals surface area contributed by atoms with Crippen LogP contribution in [0.4, 0.5) is 13.2 Å². The third-order valence-electron chi connectivity index (χ3n) is 5.10. The molecule has 156 valence electrons. The summed E-state index contributed by atoms with van der Waals surface area (Å²) in [6.07, 6.45) is 4.22. The highest BCUT2D eigenvalue weighted by Gasteiger charge is 2.32. The first kappa shape index (κ1) is 20.5. The fourth-order valence-corrected chi connectivity index (χ4v) is 4.43. The molecule has 0 aliphatic heterocycles. The summed E-state index contributed by atoms with van der Waals surface area (Å²) in [6, 6.07) is 15.5. The first-order valence-corrected chi connectivity index (χ1v) is 10.5. The van der Waals surface area contributed by atoms with Crippen LogP contribution in [0, 0.1) is 0 Å². The Labute approximate surface area is 176 Å². The van der Waals surface area contributed by atoms with E-state index >= 15 is 0 Å². The Hall–Kier alpha value is -2.74. The van der Waals surface area contributed by atoms with Gasteiger partial charge in [0.15, 0.2) is 0 Å². The van der Waals surface area contributed by atoms with E-state index in [1.165, 1.54) is 18.2 Å². The van der Waals surface area contributed by atoms with Crippen LogP contribution in [0.25, 0.3) is 0 Å². The number of halogens is 3. The van der Waals surface area contributed by atoms with Gasteiger partial charge < -0.3 is 5.32 Å². The topological polar surface area (TPSA) is 46.9 Å². The van der Waals surface area contributed by atoms with Crippen LogP contribution < -0.4 is 5.32 Å². The predicted molar refractivity (Wildman–Crippen MR) is 109 cm³/mol. The molecule has 0 saturated heterocycles. The average Bonchev–Trinajstić information content (AvgIpc) is 3.12. The summed E-state index contributed by atoms with van der Waals surface area (Å²) in [6.45, 7) is 0.641. The number of thioether (sulfide) groups is 1. The molecule has 0 radical (unpaired) electrons. The summed E-state index contributed by atoms with van der Waals surface area (Å²) in [5, 5.41) is 7.42. The smallest absolute Gasteiger partial charge is 0.345 e. The molecule has 4 rings (SSSR count). The van der Waals surface area contributed by atoms with Gasteiger partial charge in [-0.3, -0.25) is 9.48 Å². The van der Waals surface area contributed by atoms with Crippen LogP contribution in [-0.4, -0.2) is 21.2 Å². The van der Waals surface area contributed by atoms with E-state index in [1.807, 2.05) is 35.0 Å². The van der Waals surface area contributed by atoms with Crippen molar-refractivity contribution in [1.29, 1.82) is 0 Å². The van der Waals surface area contributed by atoms with Gasteiger partial charge in [0.25, 0.3) is 5.91 Å². The number of carbonyl (C=O) groups is 1. The van der Waals surface area contributed by atoms with Gasteiger partial charge in [0.2, 0.25) is 0 Å². The lowest BCUT2D eigenvalue weighted by molar-refractivity contribution is -0.0328. The number of hydrogen-bond donors (Lipinski definition) is 1. The normalized spacial score (nSPS) is 16.2. The second-order valence-corrected chi connectivity index (χ2v) is 8.26. The van der Waals surface area contributed by atoms with Crippen LogP contribution in [0.5, 0.6) is 0 Å². The zero-order valence-electron chi connectivity index (χ0n) is 16.0. The molecular weight excluding hydrogens is 411 g/mol. The van der Waals surface area contributed by atoms with E-state index in [9.17, 15) is 18.0 Å². The molecule has 0 fully saturated rings. The van der Waals surface area contributed by atoms with Crippen molar-refractivity contribution in [3.63, 3.8) is 0 Å². The van der Waals surface area contributed by atoms with E-state index in [0.717, 1.165) is 36.1 Å². The fourth-order valence-electron chi connectivity index (χ4n) is 3.77. The minimum absolute atomic E-state index is 0.0311. The molecular formula is C22H20F3N3OS. The Morgan fingerprint density at radius 2 is 1.87 bits per heavy atom. The standard InChI is InChI=1S/C22H20F3N3OS/c23-22(24,25)30-20-12-5-4-9-16(20)21(29)27-18-10-6-11-19-17(18)13-26-28(19)14-15-7-2-1-3-8-15/h1-5,7-9,12-13,18H,6,10-11,14H2,(H,27,29). The molecule has 0 spiro atoms. The molecule has 0 saturated carbocycles. The zero-order chi connectivity index (χ0) is 21.1. The number of alkyl halides is 3. The van der Waals surface area contributed by atoms with E-state index in [2.05, 4.69) is 10.4 Å². The van der Waals surface area contributed by atoms with Crippen LogP contribution in [0.1, 0.15) is 46.1 Å². The Kier molecular flexibility index (Phi) is 5.85. The van der Waals surface area contributed by atoms with Crippen molar-refractivity contribution in [3.05, 3.63) is 83.2 Å². The van der Waals surface area contributed by atoms with Gasteiger partial charge in [-0.15, -0.1) is 0 Å². The third kappa shape index (κ3) is 4.70. The highest BCUT2D eigenvalue weighted by molar-refractivity contribution is 8.00. The molecule has 1 aromatic heterocycles. The monoisotopic (exact) mass is 431 g/mol. The van der Waals surface area contributed by atoms with Crippen LogP contribution in [0.15, 0.2) is 65.7 Å². The van der Waals surface area contributed by atoms with Crippen molar-refractivity contribution in [2.75, 3.05) is 0 Å². The molecule has 1 aliphatic carbocycles. The van der Waals surface area contributed by atoms with Crippen molar-refractivity contribution in [1.82, 2.24) is 15.1 Å². The molecule has 1 aliphatic rings. The van der Waals surface area contributed by atoms with Gasteiger partial charge in [-0.1, -0.05) is 42.5 Å². The highest BCUT2D eigenvalue weighted by Crippen LogP contribution is 2.39. The summed E-state index contributed by atoms with van der Waals surface area (Å²) in [7, 11) is 0. The maximum Gasteiger partial charge on any atom is 0.446 e. The summed E-state index contributed by atoms with van der Waals surface area (Å²) in [4.78, 5) is 12.7. The van der Waals surface area contributed by atoms with Gasteiger partial charge in [-0.05, 0) is 48.7 Å². The van der Waals surface area contributed by atoms with E-state index in [4.69, 9.17) is 0 Å². The average molecular weight is 431 g/mol. The Balaban J connectivity index is 1.53. The van der Waals surface area contributed by atoms with Crippen molar-refractivity contribution in [2.24, 2.45) is 0 Å².